The molecule has 0 saturated carbocycles. The third-order valence-corrected chi connectivity index (χ3v) is 3.39. The van der Waals surface area contributed by atoms with Crippen LogP contribution in [-0.2, 0) is 9.53 Å². The lowest BCUT2D eigenvalue weighted by atomic mass is 9.98. The molecule has 1 fully saturated rings. The Kier molecular flexibility index (Phi) is 4.76. The molecule has 1 aromatic rings. The van der Waals surface area contributed by atoms with Crippen molar-refractivity contribution in [1.82, 2.24) is 9.97 Å². The standard InChI is InChI=1S/C14H22N4O2/c1-4-20-13(19)11-6-5-9-18(10-11)12-7-8-15-14(16-12)17(2)3/h7-8,11H,4-6,9-10H2,1-3H3. The molecule has 1 saturated heterocycles. The van der Waals surface area contributed by atoms with E-state index in [2.05, 4.69) is 14.9 Å². The number of nitrogens with zero attached hydrogens (tertiary/aromatic N) is 4. The number of hydrogen-bond acceptors (Lipinski definition) is 6. The molecule has 0 N–H and O–H groups in total. The van der Waals surface area contributed by atoms with Gasteiger partial charge in [-0.1, -0.05) is 0 Å². The lowest BCUT2D eigenvalue weighted by Gasteiger charge is -2.32. The first-order valence-electron chi connectivity index (χ1n) is 7.03. The van der Waals surface area contributed by atoms with Crippen LogP contribution in [0.3, 0.4) is 0 Å². The molecular weight excluding hydrogens is 256 g/mol. The molecule has 1 atom stereocenters. The monoisotopic (exact) mass is 278 g/mol. The molecule has 0 spiro atoms. The van der Waals surface area contributed by atoms with Crippen LogP contribution in [0.5, 0.6) is 0 Å². The highest BCUT2D eigenvalue weighted by Gasteiger charge is 2.27. The third kappa shape index (κ3) is 3.37. The summed E-state index contributed by atoms with van der Waals surface area (Å²) in [6.45, 7) is 3.86. The number of carbonyl (C=O) groups is 1. The van der Waals surface area contributed by atoms with E-state index in [1.807, 2.05) is 32.0 Å². The van der Waals surface area contributed by atoms with E-state index in [1.165, 1.54) is 0 Å². The van der Waals surface area contributed by atoms with E-state index in [4.69, 9.17) is 4.74 Å². The molecule has 1 aliphatic rings. The van der Waals surface area contributed by atoms with Crippen LogP contribution in [-0.4, -0.2) is 49.7 Å². The van der Waals surface area contributed by atoms with Gasteiger partial charge in [0.1, 0.15) is 5.82 Å². The lowest BCUT2D eigenvalue weighted by Crippen LogP contribution is -2.40. The Morgan fingerprint density at radius 2 is 2.35 bits per heavy atom. The van der Waals surface area contributed by atoms with Crippen molar-refractivity contribution in [1.29, 1.82) is 0 Å². The number of aromatic nitrogens is 2. The quantitative estimate of drug-likeness (QED) is 0.774. The highest BCUT2D eigenvalue weighted by atomic mass is 16.5. The molecule has 6 nitrogen and oxygen atoms in total. The Hall–Kier alpha value is -1.85. The van der Waals surface area contributed by atoms with Crippen LogP contribution in [0, 0.1) is 5.92 Å². The van der Waals surface area contributed by atoms with Gasteiger partial charge in [-0.05, 0) is 25.8 Å². The Morgan fingerprint density at radius 3 is 3.05 bits per heavy atom. The second-order valence-corrected chi connectivity index (χ2v) is 5.15. The summed E-state index contributed by atoms with van der Waals surface area (Å²) >= 11 is 0. The second kappa shape index (κ2) is 6.54. The fourth-order valence-corrected chi connectivity index (χ4v) is 2.37. The van der Waals surface area contributed by atoms with E-state index in [9.17, 15) is 4.79 Å². The first-order chi connectivity index (χ1) is 9.61. The molecule has 1 unspecified atom stereocenters. The van der Waals surface area contributed by atoms with Crippen molar-refractivity contribution in [3.63, 3.8) is 0 Å². The highest BCUT2D eigenvalue weighted by Crippen LogP contribution is 2.23. The Morgan fingerprint density at radius 1 is 1.55 bits per heavy atom. The molecule has 20 heavy (non-hydrogen) atoms. The fraction of sp³-hybridized carbons (Fsp3) is 0.643. The largest absolute Gasteiger partial charge is 0.466 e. The van der Waals surface area contributed by atoms with E-state index in [-0.39, 0.29) is 11.9 Å². The van der Waals surface area contributed by atoms with Gasteiger partial charge in [0.2, 0.25) is 5.95 Å². The maximum absolute atomic E-state index is 11.9. The minimum atomic E-state index is -0.0981. The van der Waals surface area contributed by atoms with Crippen molar-refractivity contribution < 1.29 is 9.53 Å². The maximum atomic E-state index is 11.9. The zero-order valence-electron chi connectivity index (χ0n) is 12.4. The highest BCUT2D eigenvalue weighted by molar-refractivity contribution is 5.73. The number of hydrogen-bond donors (Lipinski definition) is 0. The number of carbonyl (C=O) groups excluding carboxylic acids is 1. The lowest BCUT2D eigenvalue weighted by molar-refractivity contribution is -0.148. The Bertz CT molecular complexity index is 464. The van der Waals surface area contributed by atoms with E-state index < -0.39 is 0 Å². The molecule has 1 aliphatic heterocycles. The topological polar surface area (TPSA) is 58.6 Å². The van der Waals surface area contributed by atoms with Crippen molar-refractivity contribution in [2.75, 3.05) is 43.6 Å². The van der Waals surface area contributed by atoms with Gasteiger partial charge in [-0.3, -0.25) is 4.79 Å². The molecule has 0 aromatic carbocycles. The first-order valence-corrected chi connectivity index (χ1v) is 7.03. The number of esters is 1. The summed E-state index contributed by atoms with van der Waals surface area (Å²) in [6.07, 6.45) is 3.62. The van der Waals surface area contributed by atoms with Crippen molar-refractivity contribution in [3.8, 4) is 0 Å². The van der Waals surface area contributed by atoms with Gasteiger partial charge in [-0.25, -0.2) is 4.98 Å². The zero-order valence-corrected chi connectivity index (χ0v) is 12.4. The van der Waals surface area contributed by atoms with Gasteiger partial charge in [-0.15, -0.1) is 0 Å². The SMILES string of the molecule is CCOC(=O)C1CCCN(c2ccnc(N(C)C)n2)C1. The molecule has 2 rings (SSSR count). The zero-order chi connectivity index (χ0) is 14.5. The van der Waals surface area contributed by atoms with Crippen molar-refractivity contribution >= 4 is 17.7 Å². The van der Waals surface area contributed by atoms with Crippen LogP contribution in [0.2, 0.25) is 0 Å². The molecule has 0 amide bonds. The van der Waals surface area contributed by atoms with Crippen molar-refractivity contribution in [2.45, 2.75) is 19.8 Å². The van der Waals surface area contributed by atoms with Crippen LogP contribution in [0.1, 0.15) is 19.8 Å². The average Bonchev–Trinajstić information content (AvgIpc) is 2.48. The number of piperidine rings is 1. The summed E-state index contributed by atoms with van der Waals surface area (Å²) in [4.78, 5) is 24.6. The predicted octanol–water partition coefficient (Wildman–Crippen LogP) is 1.32. The summed E-state index contributed by atoms with van der Waals surface area (Å²) < 4.78 is 5.12. The smallest absolute Gasteiger partial charge is 0.310 e. The number of ether oxygens (including phenoxy) is 1. The summed E-state index contributed by atoms with van der Waals surface area (Å²) in [7, 11) is 3.83. The van der Waals surface area contributed by atoms with Crippen LogP contribution >= 0.6 is 0 Å². The van der Waals surface area contributed by atoms with E-state index in [0.29, 0.717) is 19.1 Å². The molecule has 6 heteroatoms. The average molecular weight is 278 g/mol. The van der Waals surface area contributed by atoms with Gasteiger partial charge in [-0.2, -0.15) is 4.98 Å². The Labute approximate surface area is 119 Å². The van der Waals surface area contributed by atoms with Gasteiger partial charge >= 0.3 is 5.97 Å². The summed E-state index contributed by atoms with van der Waals surface area (Å²) in [6, 6.07) is 1.89. The van der Waals surface area contributed by atoms with E-state index in [0.717, 1.165) is 25.2 Å². The maximum Gasteiger partial charge on any atom is 0.310 e. The number of anilines is 2. The molecule has 0 bridgehead atoms. The van der Waals surface area contributed by atoms with Crippen molar-refractivity contribution in [2.24, 2.45) is 5.92 Å². The third-order valence-electron chi connectivity index (χ3n) is 3.39. The molecular formula is C14H22N4O2. The molecule has 1 aromatic heterocycles. The summed E-state index contributed by atoms with van der Waals surface area (Å²) in [5.74, 6) is 1.40. The minimum absolute atomic E-state index is 0.0542. The van der Waals surface area contributed by atoms with Crippen LogP contribution in [0.15, 0.2) is 12.3 Å². The van der Waals surface area contributed by atoms with Crippen molar-refractivity contribution in [3.05, 3.63) is 12.3 Å². The van der Waals surface area contributed by atoms with Gasteiger partial charge in [0.25, 0.3) is 0 Å². The molecule has 0 aliphatic carbocycles. The van der Waals surface area contributed by atoms with Gasteiger partial charge in [0, 0.05) is 33.4 Å². The summed E-state index contributed by atoms with van der Waals surface area (Å²) in [5, 5.41) is 0. The Balaban J connectivity index is 2.08. The summed E-state index contributed by atoms with van der Waals surface area (Å²) in [5.41, 5.74) is 0. The predicted molar refractivity (Wildman–Crippen MR) is 77.9 cm³/mol. The van der Waals surface area contributed by atoms with Crippen LogP contribution < -0.4 is 9.80 Å². The minimum Gasteiger partial charge on any atom is -0.466 e. The van der Waals surface area contributed by atoms with E-state index >= 15 is 0 Å². The second-order valence-electron chi connectivity index (χ2n) is 5.15. The van der Waals surface area contributed by atoms with Gasteiger partial charge in [0.15, 0.2) is 0 Å². The van der Waals surface area contributed by atoms with Gasteiger partial charge in [0.05, 0.1) is 12.5 Å². The molecule has 110 valence electrons. The fourth-order valence-electron chi connectivity index (χ4n) is 2.37. The van der Waals surface area contributed by atoms with Crippen LogP contribution in [0.4, 0.5) is 11.8 Å². The number of rotatable bonds is 4. The molecule has 2 heterocycles. The first kappa shape index (κ1) is 14.6. The van der Waals surface area contributed by atoms with Gasteiger partial charge < -0.3 is 14.5 Å². The normalized spacial score (nSPS) is 18.8. The van der Waals surface area contributed by atoms with Crippen LogP contribution in [0.25, 0.3) is 0 Å². The molecule has 0 radical (unpaired) electrons. The van der Waals surface area contributed by atoms with E-state index in [1.54, 1.807) is 6.20 Å².